The van der Waals surface area contributed by atoms with E-state index in [-0.39, 0.29) is 0 Å². The molecule has 0 heterocycles. The van der Waals surface area contributed by atoms with Crippen LogP contribution in [0, 0.1) is 0 Å². The maximum absolute atomic E-state index is 10.2. The summed E-state index contributed by atoms with van der Waals surface area (Å²) in [5.74, 6) is 1.33. The summed E-state index contributed by atoms with van der Waals surface area (Å²) in [6.07, 6.45) is 3.83. The van der Waals surface area contributed by atoms with Gasteiger partial charge in [-0.3, -0.25) is 4.79 Å². The monoisotopic (exact) mass is 270 g/mol. The third-order valence-corrected chi connectivity index (χ3v) is 2.62. The highest BCUT2D eigenvalue weighted by atomic mass is 79.9. The molecule has 4 heteroatoms. The average Bonchev–Trinajstić information content (AvgIpc) is 2.27. The van der Waals surface area contributed by atoms with E-state index in [1.54, 1.807) is 20.3 Å². The van der Waals surface area contributed by atoms with E-state index in [1.807, 2.05) is 12.1 Å². The highest BCUT2D eigenvalue weighted by Gasteiger charge is 2.08. The van der Waals surface area contributed by atoms with Crippen molar-refractivity contribution in [3.05, 3.63) is 28.2 Å². The SMILES string of the molecule is COc1cc(C=CC=O)cc(OC)c1Br. The Bertz CT molecular complexity index is 360. The summed E-state index contributed by atoms with van der Waals surface area (Å²) in [5, 5.41) is 0. The van der Waals surface area contributed by atoms with Crippen molar-refractivity contribution >= 4 is 28.3 Å². The van der Waals surface area contributed by atoms with Gasteiger partial charge in [0.05, 0.1) is 14.2 Å². The minimum atomic E-state index is 0.667. The van der Waals surface area contributed by atoms with Crippen molar-refractivity contribution in [2.75, 3.05) is 14.2 Å². The number of benzene rings is 1. The molecule has 0 aliphatic heterocycles. The Kier molecular flexibility index (Phi) is 4.37. The van der Waals surface area contributed by atoms with E-state index in [1.165, 1.54) is 6.08 Å². The van der Waals surface area contributed by atoms with Crippen LogP contribution in [-0.2, 0) is 4.79 Å². The van der Waals surface area contributed by atoms with E-state index in [0.717, 1.165) is 16.3 Å². The quantitative estimate of drug-likeness (QED) is 0.624. The number of allylic oxidation sites excluding steroid dienone is 1. The van der Waals surface area contributed by atoms with E-state index in [2.05, 4.69) is 15.9 Å². The zero-order chi connectivity index (χ0) is 11.3. The maximum atomic E-state index is 10.2. The van der Waals surface area contributed by atoms with Crippen LogP contribution >= 0.6 is 15.9 Å². The molecule has 0 aromatic heterocycles. The molecule has 1 aromatic carbocycles. The van der Waals surface area contributed by atoms with Crippen LogP contribution in [0.15, 0.2) is 22.7 Å². The van der Waals surface area contributed by atoms with Crippen molar-refractivity contribution in [1.29, 1.82) is 0 Å². The molecule has 0 saturated carbocycles. The van der Waals surface area contributed by atoms with Crippen molar-refractivity contribution in [2.45, 2.75) is 0 Å². The Morgan fingerprint density at radius 3 is 2.13 bits per heavy atom. The molecular formula is C11H11BrO3. The van der Waals surface area contributed by atoms with Gasteiger partial charge in [0.15, 0.2) is 0 Å². The van der Waals surface area contributed by atoms with E-state index < -0.39 is 0 Å². The Hall–Kier alpha value is -1.29. The first kappa shape index (κ1) is 11.8. The predicted molar refractivity (Wildman–Crippen MR) is 62.3 cm³/mol. The van der Waals surface area contributed by atoms with Gasteiger partial charge in [0.1, 0.15) is 22.3 Å². The second-order valence-corrected chi connectivity index (χ2v) is 3.53. The summed E-state index contributed by atoms with van der Waals surface area (Å²) in [7, 11) is 3.15. The van der Waals surface area contributed by atoms with Gasteiger partial charge in [0, 0.05) is 0 Å². The number of rotatable bonds is 4. The zero-order valence-electron chi connectivity index (χ0n) is 8.49. The Morgan fingerprint density at radius 1 is 1.20 bits per heavy atom. The number of hydrogen-bond acceptors (Lipinski definition) is 3. The van der Waals surface area contributed by atoms with Gasteiger partial charge in [-0.2, -0.15) is 0 Å². The van der Waals surface area contributed by atoms with Crippen molar-refractivity contribution in [3.63, 3.8) is 0 Å². The minimum Gasteiger partial charge on any atom is -0.495 e. The molecule has 1 aromatic rings. The molecule has 0 spiro atoms. The Labute approximate surface area is 96.8 Å². The third kappa shape index (κ3) is 2.83. The maximum Gasteiger partial charge on any atom is 0.142 e. The van der Waals surface area contributed by atoms with E-state index in [0.29, 0.717) is 11.5 Å². The predicted octanol–water partition coefficient (Wildman–Crippen LogP) is 2.68. The molecule has 0 fully saturated rings. The van der Waals surface area contributed by atoms with Gasteiger partial charge in [-0.15, -0.1) is 0 Å². The largest absolute Gasteiger partial charge is 0.495 e. The molecule has 0 aliphatic rings. The lowest BCUT2D eigenvalue weighted by molar-refractivity contribution is -0.104. The Morgan fingerprint density at radius 2 is 1.73 bits per heavy atom. The number of methoxy groups -OCH3 is 2. The molecule has 0 atom stereocenters. The minimum absolute atomic E-state index is 0.667. The summed E-state index contributed by atoms with van der Waals surface area (Å²) in [4.78, 5) is 10.2. The summed E-state index contributed by atoms with van der Waals surface area (Å²) in [5.41, 5.74) is 0.846. The van der Waals surface area contributed by atoms with Crippen molar-refractivity contribution in [3.8, 4) is 11.5 Å². The number of hydrogen-bond donors (Lipinski definition) is 0. The van der Waals surface area contributed by atoms with Crippen LogP contribution in [0.25, 0.3) is 6.08 Å². The lowest BCUT2D eigenvalue weighted by atomic mass is 10.2. The van der Waals surface area contributed by atoms with Crippen molar-refractivity contribution in [2.24, 2.45) is 0 Å². The summed E-state index contributed by atoms with van der Waals surface area (Å²) in [6, 6.07) is 3.62. The first-order valence-corrected chi connectivity index (χ1v) is 5.05. The van der Waals surface area contributed by atoms with Crippen LogP contribution in [0.3, 0.4) is 0 Å². The van der Waals surface area contributed by atoms with Gasteiger partial charge in [-0.25, -0.2) is 0 Å². The lowest BCUT2D eigenvalue weighted by Crippen LogP contribution is -1.90. The normalized spacial score (nSPS) is 10.3. The van der Waals surface area contributed by atoms with Gasteiger partial charge in [-0.1, -0.05) is 6.08 Å². The van der Waals surface area contributed by atoms with Gasteiger partial charge >= 0.3 is 0 Å². The summed E-state index contributed by atoms with van der Waals surface area (Å²) in [6.45, 7) is 0. The second-order valence-electron chi connectivity index (χ2n) is 2.73. The summed E-state index contributed by atoms with van der Waals surface area (Å²) >= 11 is 3.36. The number of ether oxygens (including phenoxy) is 2. The standard InChI is InChI=1S/C11H11BrO3/c1-14-9-6-8(4-3-5-13)7-10(15-2)11(9)12/h3-7H,1-2H3. The number of aldehydes is 1. The molecule has 0 aliphatic carbocycles. The van der Waals surface area contributed by atoms with Gasteiger partial charge < -0.3 is 9.47 Å². The van der Waals surface area contributed by atoms with E-state index >= 15 is 0 Å². The molecule has 3 nitrogen and oxygen atoms in total. The molecule has 0 bridgehead atoms. The fourth-order valence-corrected chi connectivity index (χ4v) is 1.69. The smallest absolute Gasteiger partial charge is 0.142 e. The van der Waals surface area contributed by atoms with Crippen LogP contribution in [0.5, 0.6) is 11.5 Å². The fourth-order valence-electron chi connectivity index (χ4n) is 1.14. The van der Waals surface area contributed by atoms with Crippen LogP contribution in [0.2, 0.25) is 0 Å². The fraction of sp³-hybridized carbons (Fsp3) is 0.182. The molecule has 80 valence electrons. The van der Waals surface area contributed by atoms with Crippen LogP contribution in [0.4, 0.5) is 0 Å². The molecule has 1 rings (SSSR count). The van der Waals surface area contributed by atoms with Gasteiger partial charge in [0.25, 0.3) is 0 Å². The molecule has 0 saturated heterocycles. The van der Waals surface area contributed by atoms with Crippen molar-refractivity contribution in [1.82, 2.24) is 0 Å². The van der Waals surface area contributed by atoms with Gasteiger partial charge in [-0.05, 0) is 39.7 Å². The first-order valence-electron chi connectivity index (χ1n) is 4.26. The zero-order valence-corrected chi connectivity index (χ0v) is 10.1. The first-order chi connectivity index (χ1) is 7.22. The van der Waals surface area contributed by atoms with Crippen LogP contribution in [-0.4, -0.2) is 20.5 Å². The molecule has 15 heavy (non-hydrogen) atoms. The number of carbonyl (C=O) groups is 1. The molecule has 0 N–H and O–H groups in total. The van der Waals surface area contributed by atoms with E-state index in [4.69, 9.17) is 9.47 Å². The van der Waals surface area contributed by atoms with E-state index in [9.17, 15) is 4.79 Å². The lowest BCUT2D eigenvalue weighted by Gasteiger charge is -2.09. The van der Waals surface area contributed by atoms with Gasteiger partial charge in [0.2, 0.25) is 0 Å². The second kappa shape index (κ2) is 5.56. The number of halogens is 1. The molecule has 0 unspecified atom stereocenters. The highest BCUT2D eigenvalue weighted by Crippen LogP contribution is 2.35. The average molecular weight is 271 g/mol. The number of carbonyl (C=O) groups excluding carboxylic acids is 1. The third-order valence-electron chi connectivity index (χ3n) is 1.84. The Balaban J connectivity index is 3.20. The molecular weight excluding hydrogens is 260 g/mol. The van der Waals surface area contributed by atoms with Crippen molar-refractivity contribution < 1.29 is 14.3 Å². The molecule has 0 radical (unpaired) electrons. The van der Waals surface area contributed by atoms with Crippen LogP contribution < -0.4 is 9.47 Å². The summed E-state index contributed by atoms with van der Waals surface area (Å²) < 4.78 is 11.1. The highest BCUT2D eigenvalue weighted by molar-refractivity contribution is 9.10. The topological polar surface area (TPSA) is 35.5 Å². The molecule has 0 amide bonds. The van der Waals surface area contributed by atoms with Crippen LogP contribution in [0.1, 0.15) is 5.56 Å².